The molecule has 0 aliphatic heterocycles. The normalized spacial score (nSPS) is 11.6. The highest BCUT2D eigenvalue weighted by molar-refractivity contribution is 6.11. The molecular weight excluding hydrogens is 695 g/mol. The van der Waals surface area contributed by atoms with Crippen LogP contribution in [-0.2, 0) is 6.42 Å². The second kappa shape index (κ2) is 13.6. The van der Waals surface area contributed by atoms with E-state index in [9.17, 15) is 0 Å². The van der Waals surface area contributed by atoms with Crippen LogP contribution in [0.1, 0.15) is 11.4 Å². The molecule has 0 spiro atoms. The van der Waals surface area contributed by atoms with Gasteiger partial charge in [-0.3, -0.25) is 0 Å². The third-order valence-corrected chi connectivity index (χ3v) is 11.0. The van der Waals surface area contributed by atoms with Gasteiger partial charge in [-0.15, -0.1) is 0 Å². The Balaban J connectivity index is 1.13. The maximum absolute atomic E-state index is 5.15. The minimum atomic E-state index is 0.502. The zero-order valence-electron chi connectivity index (χ0n) is 31.0. The number of benzene rings is 8. The molecule has 0 bridgehead atoms. The SMILES string of the molecule is c1ccc(-c2nc(Cc3cc(-c4ccc5c(c4)c4ccccc4n5-c4ccccc4)ccc3-n3c4ccccc4c4ccccc43)nc(-c3ccccc3)n2)cc1. The Kier molecular flexibility index (Phi) is 7.81. The first-order chi connectivity index (χ1) is 28.3. The number of nitrogens with zero attached hydrogens (tertiary/aromatic N) is 5. The molecule has 57 heavy (non-hydrogen) atoms. The third-order valence-electron chi connectivity index (χ3n) is 11.0. The fraction of sp³-hybridized carbons (Fsp3) is 0.0192. The van der Waals surface area contributed by atoms with Crippen molar-refractivity contribution in [3.8, 4) is 45.3 Å². The molecule has 0 amide bonds. The van der Waals surface area contributed by atoms with Gasteiger partial charge in [0.05, 0.1) is 22.1 Å². The minimum Gasteiger partial charge on any atom is -0.309 e. The summed E-state index contributed by atoms with van der Waals surface area (Å²) in [5.41, 5.74) is 12.3. The van der Waals surface area contributed by atoms with Crippen LogP contribution >= 0.6 is 0 Å². The second-order valence-corrected chi connectivity index (χ2v) is 14.4. The van der Waals surface area contributed by atoms with Crippen LogP contribution in [0.2, 0.25) is 0 Å². The highest BCUT2D eigenvalue weighted by Gasteiger charge is 2.19. The van der Waals surface area contributed by atoms with E-state index in [1.54, 1.807) is 0 Å². The maximum Gasteiger partial charge on any atom is 0.163 e. The van der Waals surface area contributed by atoms with Crippen molar-refractivity contribution in [2.75, 3.05) is 0 Å². The quantitative estimate of drug-likeness (QED) is 0.164. The molecular formula is C52H35N5. The number of hydrogen-bond donors (Lipinski definition) is 0. The minimum absolute atomic E-state index is 0.502. The van der Waals surface area contributed by atoms with Gasteiger partial charge in [0.1, 0.15) is 5.82 Å². The molecule has 0 radical (unpaired) electrons. The Bertz CT molecular complexity index is 3140. The predicted octanol–water partition coefficient (Wildman–Crippen LogP) is 12.7. The summed E-state index contributed by atoms with van der Waals surface area (Å²) in [6.45, 7) is 0. The zero-order chi connectivity index (χ0) is 37.7. The van der Waals surface area contributed by atoms with Crippen LogP contribution in [0.5, 0.6) is 0 Å². The molecule has 0 N–H and O–H groups in total. The fourth-order valence-corrected chi connectivity index (χ4v) is 8.42. The lowest BCUT2D eigenvalue weighted by molar-refractivity contribution is 0.925. The summed E-state index contributed by atoms with van der Waals surface area (Å²) in [5.74, 6) is 2.03. The van der Waals surface area contributed by atoms with E-state index >= 15 is 0 Å². The van der Waals surface area contributed by atoms with Crippen molar-refractivity contribution in [1.29, 1.82) is 0 Å². The van der Waals surface area contributed by atoms with Crippen molar-refractivity contribution in [3.63, 3.8) is 0 Å². The summed E-state index contributed by atoms with van der Waals surface area (Å²) in [6.07, 6.45) is 0.502. The van der Waals surface area contributed by atoms with Gasteiger partial charge < -0.3 is 9.13 Å². The first kappa shape index (κ1) is 32.8. The number of aromatic nitrogens is 5. The molecule has 0 saturated carbocycles. The van der Waals surface area contributed by atoms with Crippen LogP contribution in [0, 0.1) is 0 Å². The summed E-state index contributed by atoms with van der Waals surface area (Å²) in [5, 5.41) is 4.90. The maximum atomic E-state index is 5.15. The first-order valence-electron chi connectivity index (χ1n) is 19.3. The molecule has 268 valence electrons. The first-order valence-corrected chi connectivity index (χ1v) is 19.3. The summed E-state index contributed by atoms with van der Waals surface area (Å²) in [6, 6.07) is 70.8. The summed E-state index contributed by atoms with van der Waals surface area (Å²) >= 11 is 0. The van der Waals surface area contributed by atoms with E-state index in [4.69, 9.17) is 15.0 Å². The van der Waals surface area contributed by atoms with Crippen LogP contribution in [0.15, 0.2) is 200 Å². The van der Waals surface area contributed by atoms with Crippen LogP contribution < -0.4 is 0 Å². The Labute approximate surface area is 329 Å². The van der Waals surface area contributed by atoms with Gasteiger partial charge in [-0.05, 0) is 71.3 Å². The molecule has 0 aliphatic rings. The van der Waals surface area contributed by atoms with Gasteiger partial charge in [-0.25, -0.2) is 15.0 Å². The molecule has 8 aromatic carbocycles. The average Bonchev–Trinajstić information content (AvgIpc) is 3.80. The molecule has 0 saturated heterocycles. The molecule has 5 nitrogen and oxygen atoms in total. The van der Waals surface area contributed by atoms with Crippen LogP contribution in [0.4, 0.5) is 0 Å². The largest absolute Gasteiger partial charge is 0.309 e. The van der Waals surface area contributed by atoms with Crippen molar-refractivity contribution in [2.45, 2.75) is 6.42 Å². The smallest absolute Gasteiger partial charge is 0.163 e. The van der Waals surface area contributed by atoms with Gasteiger partial charge in [0.2, 0.25) is 0 Å². The van der Waals surface area contributed by atoms with Crippen molar-refractivity contribution in [3.05, 3.63) is 212 Å². The molecule has 0 aliphatic carbocycles. The molecule has 11 aromatic rings. The predicted molar refractivity (Wildman–Crippen MR) is 234 cm³/mol. The monoisotopic (exact) mass is 729 g/mol. The van der Waals surface area contributed by atoms with Crippen LogP contribution in [0.25, 0.3) is 88.9 Å². The topological polar surface area (TPSA) is 48.5 Å². The lowest BCUT2D eigenvalue weighted by Gasteiger charge is -2.16. The van der Waals surface area contributed by atoms with Gasteiger partial charge in [0, 0.05) is 50.5 Å². The van der Waals surface area contributed by atoms with Gasteiger partial charge in [-0.1, -0.05) is 146 Å². The lowest BCUT2D eigenvalue weighted by Crippen LogP contribution is -2.07. The molecule has 0 atom stereocenters. The Hall–Kier alpha value is -7.63. The van der Waals surface area contributed by atoms with Gasteiger partial charge >= 0.3 is 0 Å². The van der Waals surface area contributed by atoms with Crippen molar-refractivity contribution in [1.82, 2.24) is 24.1 Å². The summed E-state index contributed by atoms with van der Waals surface area (Å²) < 4.78 is 4.76. The molecule has 3 aromatic heterocycles. The number of para-hydroxylation sites is 4. The molecule has 3 heterocycles. The average molecular weight is 730 g/mol. The fourth-order valence-electron chi connectivity index (χ4n) is 8.42. The summed E-state index contributed by atoms with van der Waals surface area (Å²) in [7, 11) is 0. The Morgan fingerprint density at radius 1 is 0.333 bits per heavy atom. The van der Waals surface area contributed by atoms with Gasteiger partial charge in [0.15, 0.2) is 11.6 Å². The van der Waals surface area contributed by atoms with E-state index in [1.165, 1.54) is 32.6 Å². The Morgan fingerprint density at radius 2 is 0.789 bits per heavy atom. The molecule has 0 unspecified atom stereocenters. The third kappa shape index (κ3) is 5.68. The second-order valence-electron chi connectivity index (χ2n) is 14.4. The highest BCUT2D eigenvalue weighted by Crippen LogP contribution is 2.38. The molecule has 11 rings (SSSR count). The van der Waals surface area contributed by atoms with E-state index in [0.29, 0.717) is 23.9 Å². The van der Waals surface area contributed by atoms with E-state index in [2.05, 4.69) is 173 Å². The van der Waals surface area contributed by atoms with Crippen molar-refractivity contribution < 1.29 is 0 Å². The zero-order valence-corrected chi connectivity index (χ0v) is 31.0. The van der Waals surface area contributed by atoms with Crippen LogP contribution in [-0.4, -0.2) is 24.1 Å². The van der Waals surface area contributed by atoms with Crippen LogP contribution in [0.3, 0.4) is 0 Å². The van der Waals surface area contributed by atoms with E-state index in [0.717, 1.165) is 50.2 Å². The number of rotatable bonds is 7. The van der Waals surface area contributed by atoms with Crippen molar-refractivity contribution in [2.24, 2.45) is 0 Å². The Morgan fingerprint density at radius 3 is 1.39 bits per heavy atom. The van der Waals surface area contributed by atoms with E-state index in [1.807, 2.05) is 36.4 Å². The highest BCUT2D eigenvalue weighted by atomic mass is 15.0. The van der Waals surface area contributed by atoms with Gasteiger partial charge in [-0.2, -0.15) is 0 Å². The number of fused-ring (bicyclic) bond motifs is 6. The van der Waals surface area contributed by atoms with E-state index < -0.39 is 0 Å². The summed E-state index contributed by atoms with van der Waals surface area (Å²) in [4.78, 5) is 15.3. The molecule has 0 fully saturated rings. The lowest BCUT2D eigenvalue weighted by atomic mass is 9.98. The van der Waals surface area contributed by atoms with E-state index in [-0.39, 0.29) is 0 Å². The van der Waals surface area contributed by atoms with Crippen molar-refractivity contribution >= 4 is 43.6 Å². The molecule has 5 heteroatoms. The number of hydrogen-bond acceptors (Lipinski definition) is 3. The standard InChI is InChI=1S/C52H35N5/c1-4-16-35(17-5-1)51-53-50(54-52(55-51)36-18-6-2-7-19-36)34-39-32-37(28-30-45(39)57-47-26-14-10-22-41(47)42-23-11-15-27-48(42)57)38-29-31-49-44(33-38)43-24-12-13-25-46(43)56(49)40-20-8-3-9-21-40/h1-33H,34H2. The van der Waals surface area contributed by atoms with Gasteiger partial charge in [0.25, 0.3) is 0 Å².